The lowest BCUT2D eigenvalue weighted by Crippen LogP contribution is -2.06. The van der Waals surface area contributed by atoms with Crippen molar-refractivity contribution in [3.05, 3.63) is 40.3 Å². The number of aromatic nitrogens is 1. The second-order valence-electron chi connectivity index (χ2n) is 3.52. The van der Waals surface area contributed by atoms with Crippen LogP contribution in [-0.2, 0) is 12.7 Å². The molecule has 0 amide bonds. The van der Waals surface area contributed by atoms with Crippen molar-refractivity contribution in [3.63, 3.8) is 0 Å². The van der Waals surface area contributed by atoms with Crippen molar-refractivity contribution >= 4 is 15.9 Å². The quantitative estimate of drug-likeness (QED) is 0.920. The van der Waals surface area contributed by atoms with Crippen molar-refractivity contribution in [1.82, 2.24) is 4.98 Å². The van der Waals surface area contributed by atoms with Crippen LogP contribution >= 0.6 is 15.9 Å². The molecule has 3 nitrogen and oxygen atoms in total. The van der Waals surface area contributed by atoms with Gasteiger partial charge in [-0.15, -0.1) is 0 Å². The lowest BCUT2D eigenvalue weighted by Gasteiger charge is -2.10. The summed E-state index contributed by atoms with van der Waals surface area (Å²) < 4.78 is 43.3. The monoisotopic (exact) mass is 320 g/mol. The lowest BCUT2D eigenvalue weighted by atomic mass is 10.1. The number of nitrogens with two attached hydrogens (primary N) is 1. The zero-order valence-corrected chi connectivity index (χ0v) is 10.5. The second kappa shape index (κ2) is 4.74. The fourth-order valence-electron chi connectivity index (χ4n) is 1.53. The van der Waals surface area contributed by atoms with Crippen molar-refractivity contribution in [3.8, 4) is 11.3 Å². The molecule has 2 N–H and O–H groups in total. The van der Waals surface area contributed by atoms with E-state index < -0.39 is 11.7 Å². The predicted molar refractivity (Wildman–Crippen MR) is 62.5 cm³/mol. The van der Waals surface area contributed by atoms with Crippen LogP contribution < -0.4 is 5.73 Å². The molecule has 0 aliphatic heterocycles. The molecular formula is C11H8BrF3N2O. The van der Waals surface area contributed by atoms with Crippen molar-refractivity contribution in [2.24, 2.45) is 5.73 Å². The molecule has 0 radical (unpaired) electrons. The van der Waals surface area contributed by atoms with Crippen LogP contribution in [0.3, 0.4) is 0 Å². The van der Waals surface area contributed by atoms with Crippen molar-refractivity contribution < 1.29 is 17.6 Å². The van der Waals surface area contributed by atoms with E-state index in [0.29, 0.717) is 11.3 Å². The fraction of sp³-hybridized carbons (Fsp3) is 0.182. The van der Waals surface area contributed by atoms with Crippen molar-refractivity contribution in [2.45, 2.75) is 12.7 Å². The molecule has 2 aromatic rings. The molecule has 1 heterocycles. The lowest BCUT2D eigenvalue weighted by molar-refractivity contribution is -0.138. The van der Waals surface area contributed by atoms with Crippen molar-refractivity contribution in [2.75, 3.05) is 0 Å². The number of halogens is 4. The van der Waals surface area contributed by atoms with Crippen molar-refractivity contribution in [1.29, 1.82) is 0 Å². The molecule has 0 bridgehead atoms. The Bertz CT molecular complexity index is 566. The van der Waals surface area contributed by atoms with Gasteiger partial charge in [0.25, 0.3) is 0 Å². The Labute approximate surface area is 109 Å². The molecule has 0 saturated carbocycles. The van der Waals surface area contributed by atoms with Gasteiger partial charge in [-0.05, 0) is 12.1 Å². The summed E-state index contributed by atoms with van der Waals surface area (Å²) >= 11 is 2.87. The Morgan fingerprint density at radius 3 is 2.67 bits per heavy atom. The van der Waals surface area contributed by atoms with Crippen LogP contribution in [0.5, 0.6) is 0 Å². The molecule has 0 aliphatic carbocycles. The van der Waals surface area contributed by atoms with E-state index in [9.17, 15) is 13.2 Å². The van der Waals surface area contributed by atoms with Gasteiger partial charge in [0.15, 0.2) is 12.2 Å². The third-order valence-electron chi connectivity index (χ3n) is 2.37. The highest BCUT2D eigenvalue weighted by Gasteiger charge is 2.33. The third-order valence-corrected chi connectivity index (χ3v) is 3.06. The normalized spacial score (nSPS) is 11.8. The molecular weight excluding hydrogens is 313 g/mol. The summed E-state index contributed by atoms with van der Waals surface area (Å²) in [7, 11) is 0. The Hall–Kier alpha value is -1.34. The van der Waals surface area contributed by atoms with Gasteiger partial charge >= 0.3 is 6.18 Å². The first-order valence-electron chi connectivity index (χ1n) is 4.93. The molecule has 0 aliphatic rings. The minimum atomic E-state index is -4.43. The Morgan fingerprint density at radius 2 is 2.06 bits per heavy atom. The fourth-order valence-corrected chi connectivity index (χ4v) is 2.00. The summed E-state index contributed by atoms with van der Waals surface area (Å²) in [6.07, 6.45) is -3.27. The van der Waals surface area contributed by atoms with Gasteiger partial charge in [-0.1, -0.05) is 22.0 Å². The number of oxazole rings is 1. The molecule has 0 unspecified atom stereocenters. The summed E-state index contributed by atoms with van der Waals surface area (Å²) in [6, 6.07) is 3.84. The maximum Gasteiger partial charge on any atom is 0.417 e. The number of nitrogens with zero attached hydrogens (tertiary/aromatic N) is 1. The smallest absolute Gasteiger partial charge is 0.417 e. The van der Waals surface area contributed by atoms with Crippen LogP contribution in [-0.4, -0.2) is 4.98 Å². The van der Waals surface area contributed by atoms with Crippen LogP contribution in [0.4, 0.5) is 13.2 Å². The van der Waals surface area contributed by atoms with E-state index in [1.807, 2.05) is 0 Å². The zero-order chi connectivity index (χ0) is 13.3. The molecule has 0 atom stereocenters. The van der Waals surface area contributed by atoms with E-state index in [4.69, 9.17) is 10.2 Å². The molecule has 96 valence electrons. The van der Waals surface area contributed by atoms with Gasteiger partial charge in [0.1, 0.15) is 5.69 Å². The third kappa shape index (κ3) is 2.41. The first kappa shape index (κ1) is 13.1. The standard InChI is InChI=1S/C11H8BrF3N2O/c12-8-2-1-6(3-7(8)11(13,14)15)10-9(4-16)17-5-18-10/h1-3,5H,4,16H2. The highest BCUT2D eigenvalue weighted by Crippen LogP contribution is 2.37. The first-order valence-corrected chi connectivity index (χ1v) is 5.72. The van der Waals surface area contributed by atoms with Gasteiger partial charge in [-0.3, -0.25) is 0 Å². The van der Waals surface area contributed by atoms with Crippen LogP contribution in [0, 0.1) is 0 Å². The van der Waals surface area contributed by atoms with Crippen LogP contribution in [0.15, 0.2) is 33.5 Å². The number of hydrogen-bond acceptors (Lipinski definition) is 3. The molecule has 0 spiro atoms. The SMILES string of the molecule is NCc1ncoc1-c1ccc(Br)c(C(F)(F)F)c1. The number of hydrogen-bond donors (Lipinski definition) is 1. The maximum atomic E-state index is 12.8. The number of alkyl halides is 3. The minimum absolute atomic E-state index is 0.0208. The van der Waals surface area contributed by atoms with E-state index in [2.05, 4.69) is 20.9 Å². The second-order valence-corrected chi connectivity index (χ2v) is 4.38. The van der Waals surface area contributed by atoms with Crippen LogP contribution in [0.25, 0.3) is 11.3 Å². The van der Waals surface area contributed by atoms with Gasteiger partial charge in [0.05, 0.1) is 5.56 Å². The van der Waals surface area contributed by atoms with E-state index >= 15 is 0 Å². The molecule has 2 rings (SSSR count). The highest BCUT2D eigenvalue weighted by atomic mass is 79.9. The topological polar surface area (TPSA) is 52.0 Å². The summed E-state index contributed by atoms with van der Waals surface area (Å²) in [6.45, 7) is 0.100. The average Bonchev–Trinajstić information content (AvgIpc) is 2.76. The number of rotatable bonds is 2. The van der Waals surface area contributed by atoms with Crippen LogP contribution in [0.1, 0.15) is 11.3 Å². The van der Waals surface area contributed by atoms with E-state index in [0.717, 1.165) is 12.5 Å². The largest absolute Gasteiger partial charge is 0.443 e. The van der Waals surface area contributed by atoms with Gasteiger partial charge < -0.3 is 10.2 Å². The summed E-state index contributed by atoms with van der Waals surface area (Å²) in [5, 5.41) is 0. The van der Waals surface area contributed by atoms with Gasteiger partial charge in [0, 0.05) is 16.6 Å². The molecule has 7 heteroatoms. The summed E-state index contributed by atoms with van der Waals surface area (Å²) in [4.78, 5) is 3.84. The molecule has 18 heavy (non-hydrogen) atoms. The Kier molecular flexibility index (Phi) is 3.45. The Morgan fingerprint density at radius 1 is 1.33 bits per heavy atom. The zero-order valence-electron chi connectivity index (χ0n) is 8.96. The van der Waals surface area contributed by atoms with E-state index in [-0.39, 0.29) is 16.8 Å². The van der Waals surface area contributed by atoms with Gasteiger partial charge in [-0.25, -0.2) is 4.98 Å². The molecule has 1 aromatic heterocycles. The first-order chi connectivity index (χ1) is 8.43. The van der Waals surface area contributed by atoms with E-state index in [1.54, 1.807) is 0 Å². The molecule has 1 aromatic carbocycles. The van der Waals surface area contributed by atoms with Gasteiger partial charge in [-0.2, -0.15) is 13.2 Å². The molecule has 0 fully saturated rings. The van der Waals surface area contributed by atoms with Crippen LogP contribution in [0.2, 0.25) is 0 Å². The summed E-state index contributed by atoms with van der Waals surface area (Å²) in [5.74, 6) is 0.260. The molecule has 0 saturated heterocycles. The Balaban J connectivity index is 2.54. The number of benzene rings is 1. The van der Waals surface area contributed by atoms with Gasteiger partial charge in [0.2, 0.25) is 0 Å². The maximum absolute atomic E-state index is 12.8. The average molecular weight is 321 g/mol. The minimum Gasteiger partial charge on any atom is -0.443 e. The predicted octanol–water partition coefficient (Wildman–Crippen LogP) is 3.58. The summed E-state index contributed by atoms with van der Waals surface area (Å²) in [5.41, 5.74) is 5.38. The van der Waals surface area contributed by atoms with E-state index in [1.165, 1.54) is 12.1 Å². The highest BCUT2D eigenvalue weighted by molar-refractivity contribution is 9.10.